The molecule has 1 aromatic heterocycles. The highest BCUT2D eigenvalue weighted by Gasteiger charge is 2.38. The average Bonchev–Trinajstić information content (AvgIpc) is 2.62. The first kappa shape index (κ1) is 16.7. The number of methoxy groups -OCH3 is 2. The number of ether oxygens (including phenoxy) is 3. The third-order valence-corrected chi connectivity index (χ3v) is 4.97. The van der Waals surface area contributed by atoms with E-state index in [1.54, 1.807) is 24.3 Å². The molecular formula is C20H20O6. The highest BCUT2D eigenvalue weighted by Crippen LogP contribution is 2.42. The maximum Gasteiger partial charge on any atom is 0.204 e. The van der Waals surface area contributed by atoms with Crippen molar-refractivity contribution in [1.29, 1.82) is 0 Å². The van der Waals surface area contributed by atoms with Crippen molar-refractivity contribution in [2.45, 2.75) is 32.0 Å². The molecule has 0 saturated heterocycles. The number of para-hydroxylation sites is 1. The summed E-state index contributed by atoms with van der Waals surface area (Å²) in [5.41, 5.74) is 0.412. The van der Waals surface area contributed by atoms with Crippen LogP contribution in [0.5, 0.6) is 17.2 Å². The van der Waals surface area contributed by atoms with Gasteiger partial charge in [-0.3, -0.25) is 4.79 Å². The van der Waals surface area contributed by atoms with Crippen molar-refractivity contribution >= 4 is 21.9 Å². The first-order chi connectivity index (χ1) is 12.4. The summed E-state index contributed by atoms with van der Waals surface area (Å²) >= 11 is 0. The van der Waals surface area contributed by atoms with Crippen molar-refractivity contribution in [3.8, 4) is 17.2 Å². The Hall–Kier alpha value is -2.73. The van der Waals surface area contributed by atoms with Crippen LogP contribution in [0.25, 0.3) is 21.9 Å². The largest absolute Gasteiger partial charge is 0.496 e. The third kappa shape index (κ3) is 2.25. The smallest absolute Gasteiger partial charge is 0.204 e. The Labute approximate surface area is 149 Å². The summed E-state index contributed by atoms with van der Waals surface area (Å²) in [7, 11) is 3.02. The second-order valence-corrected chi connectivity index (χ2v) is 6.95. The minimum Gasteiger partial charge on any atom is -0.496 e. The fourth-order valence-corrected chi connectivity index (χ4v) is 3.41. The molecule has 0 amide bonds. The molecule has 1 aliphatic heterocycles. The van der Waals surface area contributed by atoms with E-state index in [2.05, 4.69) is 0 Å². The molecule has 1 aliphatic rings. The summed E-state index contributed by atoms with van der Waals surface area (Å²) < 4.78 is 22.9. The number of fused-ring (bicyclic) bond motifs is 4. The van der Waals surface area contributed by atoms with Gasteiger partial charge in [0.1, 0.15) is 28.1 Å². The highest BCUT2D eigenvalue weighted by molar-refractivity contribution is 5.97. The Morgan fingerprint density at radius 1 is 1.15 bits per heavy atom. The second kappa shape index (κ2) is 5.64. The zero-order valence-electron chi connectivity index (χ0n) is 15.1. The summed E-state index contributed by atoms with van der Waals surface area (Å²) in [4.78, 5) is 13.1. The summed E-state index contributed by atoms with van der Waals surface area (Å²) in [6.07, 6.45) is -0.419. The molecular weight excluding hydrogens is 336 g/mol. The van der Waals surface area contributed by atoms with Crippen molar-refractivity contribution < 1.29 is 23.7 Å². The molecule has 4 rings (SSSR count). The second-order valence-electron chi connectivity index (χ2n) is 6.95. The van der Waals surface area contributed by atoms with Gasteiger partial charge >= 0.3 is 0 Å². The molecule has 6 heteroatoms. The van der Waals surface area contributed by atoms with Crippen molar-refractivity contribution in [2.75, 3.05) is 14.2 Å². The molecule has 0 bridgehead atoms. The molecule has 0 saturated carbocycles. The number of aliphatic hydroxyl groups excluding tert-OH is 1. The summed E-state index contributed by atoms with van der Waals surface area (Å²) in [6, 6.07) is 6.85. The summed E-state index contributed by atoms with van der Waals surface area (Å²) in [5.74, 6) is 1.39. The van der Waals surface area contributed by atoms with E-state index in [0.29, 0.717) is 51.2 Å². The van der Waals surface area contributed by atoms with Gasteiger partial charge in [-0.2, -0.15) is 0 Å². The molecule has 1 atom stereocenters. The summed E-state index contributed by atoms with van der Waals surface area (Å²) in [5, 5.41) is 11.2. The van der Waals surface area contributed by atoms with E-state index in [-0.39, 0.29) is 5.43 Å². The van der Waals surface area contributed by atoms with Crippen molar-refractivity contribution in [1.82, 2.24) is 0 Å². The van der Waals surface area contributed by atoms with Crippen LogP contribution in [-0.4, -0.2) is 31.0 Å². The fraction of sp³-hybridized carbons (Fsp3) is 0.350. The minimum atomic E-state index is -0.749. The molecule has 0 fully saturated rings. The van der Waals surface area contributed by atoms with Gasteiger partial charge in [-0.05, 0) is 26.0 Å². The van der Waals surface area contributed by atoms with Gasteiger partial charge in [-0.25, -0.2) is 0 Å². The molecule has 136 valence electrons. The lowest BCUT2D eigenvalue weighted by Gasteiger charge is -2.37. The van der Waals surface area contributed by atoms with E-state index in [1.165, 1.54) is 14.2 Å². The monoisotopic (exact) mass is 356 g/mol. The lowest BCUT2D eigenvalue weighted by Crippen LogP contribution is -2.46. The van der Waals surface area contributed by atoms with Gasteiger partial charge in [0.25, 0.3) is 0 Å². The standard InChI is InChI=1S/C20H20O6/c1-20(2)15(21)8-11-13(26-20)9-14(24-4)16-17(22)10-6-5-7-12(23-3)18(10)25-19(11)16/h5-7,9,15,21H,8H2,1-4H3. The molecule has 2 aromatic carbocycles. The van der Waals surface area contributed by atoms with Crippen LogP contribution in [-0.2, 0) is 6.42 Å². The normalized spacial score (nSPS) is 18.4. The predicted octanol–water partition coefficient (Wildman–Crippen LogP) is 3.04. The van der Waals surface area contributed by atoms with Gasteiger partial charge in [0.05, 0.1) is 25.7 Å². The van der Waals surface area contributed by atoms with E-state index in [9.17, 15) is 9.90 Å². The van der Waals surface area contributed by atoms with E-state index in [0.717, 1.165) is 0 Å². The molecule has 2 heterocycles. The van der Waals surface area contributed by atoms with Crippen LogP contribution in [0, 0.1) is 0 Å². The zero-order chi connectivity index (χ0) is 18.6. The van der Waals surface area contributed by atoms with Crippen molar-refractivity contribution in [2.24, 2.45) is 0 Å². The van der Waals surface area contributed by atoms with Crippen LogP contribution in [0.3, 0.4) is 0 Å². The quantitative estimate of drug-likeness (QED) is 0.711. The van der Waals surface area contributed by atoms with Crippen LogP contribution in [0.1, 0.15) is 19.4 Å². The van der Waals surface area contributed by atoms with Crippen LogP contribution < -0.4 is 19.6 Å². The molecule has 1 unspecified atom stereocenters. The Balaban J connectivity index is 2.16. The molecule has 0 spiro atoms. The first-order valence-electron chi connectivity index (χ1n) is 8.38. The highest BCUT2D eigenvalue weighted by atomic mass is 16.5. The maximum atomic E-state index is 13.1. The lowest BCUT2D eigenvalue weighted by molar-refractivity contribution is -0.0410. The Bertz CT molecular complexity index is 1080. The molecule has 26 heavy (non-hydrogen) atoms. The van der Waals surface area contributed by atoms with Gasteiger partial charge in [-0.1, -0.05) is 6.07 Å². The number of hydrogen-bond acceptors (Lipinski definition) is 6. The average molecular weight is 356 g/mol. The van der Waals surface area contributed by atoms with Gasteiger partial charge in [0.15, 0.2) is 11.3 Å². The number of benzene rings is 2. The van der Waals surface area contributed by atoms with Gasteiger partial charge in [0.2, 0.25) is 5.43 Å². The van der Waals surface area contributed by atoms with Crippen LogP contribution >= 0.6 is 0 Å². The zero-order valence-corrected chi connectivity index (χ0v) is 15.1. The van der Waals surface area contributed by atoms with Crippen LogP contribution in [0.2, 0.25) is 0 Å². The number of rotatable bonds is 2. The molecule has 6 nitrogen and oxygen atoms in total. The Morgan fingerprint density at radius 3 is 2.58 bits per heavy atom. The fourth-order valence-electron chi connectivity index (χ4n) is 3.41. The SMILES string of the molecule is COc1cccc2c(=O)c3c(OC)cc4c(c3oc12)CC(O)C(C)(C)O4. The molecule has 0 radical (unpaired) electrons. The lowest BCUT2D eigenvalue weighted by atomic mass is 9.90. The van der Waals surface area contributed by atoms with E-state index < -0.39 is 11.7 Å². The number of hydrogen-bond donors (Lipinski definition) is 1. The van der Waals surface area contributed by atoms with E-state index in [4.69, 9.17) is 18.6 Å². The molecule has 0 aliphatic carbocycles. The minimum absolute atomic E-state index is 0.209. The van der Waals surface area contributed by atoms with Crippen LogP contribution in [0.15, 0.2) is 33.5 Å². The Morgan fingerprint density at radius 2 is 1.88 bits per heavy atom. The predicted molar refractivity (Wildman–Crippen MR) is 97.5 cm³/mol. The maximum absolute atomic E-state index is 13.1. The number of aliphatic hydroxyl groups is 1. The first-order valence-corrected chi connectivity index (χ1v) is 8.38. The van der Waals surface area contributed by atoms with Gasteiger partial charge in [0, 0.05) is 18.1 Å². The summed E-state index contributed by atoms with van der Waals surface area (Å²) in [6.45, 7) is 3.63. The molecule has 3 aromatic rings. The Kier molecular flexibility index (Phi) is 3.63. The van der Waals surface area contributed by atoms with Crippen molar-refractivity contribution in [3.05, 3.63) is 40.1 Å². The van der Waals surface area contributed by atoms with E-state index >= 15 is 0 Å². The third-order valence-electron chi connectivity index (χ3n) is 4.97. The van der Waals surface area contributed by atoms with Gasteiger partial charge in [-0.15, -0.1) is 0 Å². The van der Waals surface area contributed by atoms with Crippen LogP contribution in [0.4, 0.5) is 0 Å². The van der Waals surface area contributed by atoms with Gasteiger partial charge < -0.3 is 23.7 Å². The van der Waals surface area contributed by atoms with Crippen molar-refractivity contribution in [3.63, 3.8) is 0 Å². The topological polar surface area (TPSA) is 78.1 Å². The van der Waals surface area contributed by atoms with E-state index in [1.807, 2.05) is 13.8 Å². The molecule has 1 N–H and O–H groups in total.